The van der Waals surface area contributed by atoms with E-state index in [0.717, 1.165) is 17.2 Å². The van der Waals surface area contributed by atoms with Crippen LogP contribution in [-0.4, -0.2) is 4.98 Å². The molecule has 2 nitrogen and oxygen atoms in total. The van der Waals surface area contributed by atoms with Crippen LogP contribution in [0.2, 0.25) is 0 Å². The van der Waals surface area contributed by atoms with Gasteiger partial charge in [0.15, 0.2) is 5.13 Å². The number of hydrogen-bond donors (Lipinski definition) is 1. The minimum Gasteiger partial charge on any atom is -0.332 e. The predicted molar refractivity (Wildman–Crippen MR) is 132 cm³/mol. The van der Waals surface area contributed by atoms with E-state index in [2.05, 4.69) is 69.2 Å². The molecule has 0 radical (unpaired) electrons. The van der Waals surface area contributed by atoms with Gasteiger partial charge in [-0.1, -0.05) is 70.2 Å². The predicted octanol–water partition coefficient (Wildman–Crippen LogP) is 8.04. The summed E-state index contributed by atoms with van der Waals surface area (Å²) >= 11 is 1.74. The van der Waals surface area contributed by atoms with E-state index in [0.29, 0.717) is 0 Å². The first-order valence-electron chi connectivity index (χ1n) is 10.3. The van der Waals surface area contributed by atoms with Crippen molar-refractivity contribution in [3.8, 4) is 10.4 Å². The van der Waals surface area contributed by atoms with Gasteiger partial charge in [-0.05, 0) is 70.5 Å². The van der Waals surface area contributed by atoms with Crippen LogP contribution >= 0.6 is 28.3 Å². The van der Waals surface area contributed by atoms with Gasteiger partial charge in [-0.25, -0.2) is 4.98 Å². The van der Waals surface area contributed by atoms with Crippen LogP contribution in [-0.2, 0) is 17.3 Å². The highest BCUT2D eigenvalue weighted by atomic mass is 79.9. The van der Waals surface area contributed by atoms with Crippen LogP contribution in [0, 0.1) is 0 Å². The zero-order valence-corrected chi connectivity index (χ0v) is 20.5. The Morgan fingerprint density at radius 1 is 0.966 bits per heavy atom. The zero-order valence-electron chi connectivity index (χ0n) is 18.0. The SMILES string of the molecule is Br.CCc1cc2c(cc1-c1cnc(Nc3ccccc3)s1)C(C)(C)CCC2(C)C. The summed E-state index contributed by atoms with van der Waals surface area (Å²) < 4.78 is 0. The Hall–Kier alpha value is -1.65. The first-order valence-corrected chi connectivity index (χ1v) is 11.1. The molecule has 1 heterocycles. The Morgan fingerprint density at radius 3 is 2.21 bits per heavy atom. The third kappa shape index (κ3) is 4.29. The summed E-state index contributed by atoms with van der Waals surface area (Å²) in [5.74, 6) is 0. The molecule has 0 unspecified atom stereocenters. The zero-order chi connectivity index (χ0) is 19.9. The monoisotopic (exact) mass is 470 g/mol. The first kappa shape index (κ1) is 22.0. The Labute approximate surface area is 189 Å². The fourth-order valence-corrected chi connectivity index (χ4v) is 5.17. The smallest absolute Gasteiger partial charge is 0.187 e. The summed E-state index contributed by atoms with van der Waals surface area (Å²) in [6, 6.07) is 15.2. The van der Waals surface area contributed by atoms with E-state index in [-0.39, 0.29) is 27.8 Å². The molecule has 4 rings (SSSR count). The number of hydrogen-bond acceptors (Lipinski definition) is 3. The summed E-state index contributed by atoms with van der Waals surface area (Å²) in [6.07, 6.45) is 5.55. The van der Waals surface area contributed by atoms with Crippen molar-refractivity contribution in [1.29, 1.82) is 0 Å². The molecule has 1 aromatic heterocycles. The topological polar surface area (TPSA) is 24.9 Å². The third-order valence-electron chi connectivity index (χ3n) is 6.25. The average Bonchev–Trinajstić information content (AvgIpc) is 3.14. The molecule has 1 N–H and O–H groups in total. The maximum absolute atomic E-state index is 4.65. The maximum Gasteiger partial charge on any atom is 0.187 e. The first-order chi connectivity index (χ1) is 13.3. The van der Waals surface area contributed by atoms with Crippen LogP contribution in [0.1, 0.15) is 64.2 Å². The lowest BCUT2D eigenvalue weighted by Gasteiger charge is -2.42. The number of fused-ring (bicyclic) bond motifs is 1. The largest absolute Gasteiger partial charge is 0.332 e. The van der Waals surface area contributed by atoms with Crippen LogP contribution in [0.25, 0.3) is 10.4 Å². The van der Waals surface area contributed by atoms with E-state index in [1.54, 1.807) is 11.3 Å². The van der Waals surface area contributed by atoms with Crippen LogP contribution in [0.4, 0.5) is 10.8 Å². The molecule has 4 heteroatoms. The molecule has 0 aliphatic heterocycles. The van der Waals surface area contributed by atoms with E-state index in [1.165, 1.54) is 40.0 Å². The van der Waals surface area contributed by atoms with Gasteiger partial charge in [-0.15, -0.1) is 17.0 Å². The second-order valence-corrected chi connectivity index (χ2v) is 10.2. The molecule has 0 atom stereocenters. The summed E-state index contributed by atoms with van der Waals surface area (Å²) in [6.45, 7) is 11.8. The van der Waals surface area contributed by atoms with Gasteiger partial charge < -0.3 is 5.32 Å². The Kier molecular flexibility index (Phi) is 6.26. The number of para-hydroxylation sites is 1. The number of nitrogens with zero attached hydrogens (tertiary/aromatic N) is 1. The second-order valence-electron chi connectivity index (χ2n) is 9.20. The van der Waals surface area contributed by atoms with Crippen LogP contribution < -0.4 is 5.32 Å². The minimum absolute atomic E-state index is 0. The highest BCUT2D eigenvalue weighted by molar-refractivity contribution is 8.93. The third-order valence-corrected chi connectivity index (χ3v) is 7.20. The molecule has 0 bridgehead atoms. The van der Waals surface area contributed by atoms with Gasteiger partial charge in [0.05, 0.1) is 4.88 Å². The number of benzene rings is 2. The number of halogens is 1. The van der Waals surface area contributed by atoms with Crippen molar-refractivity contribution in [1.82, 2.24) is 4.98 Å². The van der Waals surface area contributed by atoms with Crippen LogP contribution in [0.3, 0.4) is 0 Å². The van der Waals surface area contributed by atoms with E-state index in [1.807, 2.05) is 24.4 Å². The highest BCUT2D eigenvalue weighted by Crippen LogP contribution is 2.48. The second kappa shape index (κ2) is 8.23. The number of rotatable bonds is 4. The van der Waals surface area contributed by atoms with Crippen LogP contribution in [0.15, 0.2) is 48.7 Å². The van der Waals surface area contributed by atoms with Gasteiger partial charge in [-0.3, -0.25) is 0 Å². The lowest BCUT2D eigenvalue weighted by atomic mass is 9.62. The fraction of sp³-hybridized carbons (Fsp3) is 0.400. The number of thiazole rings is 1. The summed E-state index contributed by atoms with van der Waals surface area (Å²) in [7, 11) is 0. The highest BCUT2D eigenvalue weighted by Gasteiger charge is 2.37. The lowest BCUT2D eigenvalue weighted by molar-refractivity contribution is 0.332. The van der Waals surface area contributed by atoms with Gasteiger partial charge in [-0.2, -0.15) is 0 Å². The number of aromatic nitrogens is 1. The van der Waals surface area contributed by atoms with Gasteiger partial charge >= 0.3 is 0 Å². The van der Waals surface area contributed by atoms with Crippen molar-refractivity contribution in [2.24, 2.45) is 0 Å². The minimum atomic E-state index is 0. The molecule has 0 spiro atoms. The molecular weight excluding hydrogens is 440 g/mol. The van der Waals surface area contributed by atoms with E-state index in [4.69, 9.17) is 0 Å². The van der Waals surface area contributed by atoms with Crippen molar-refractivity contribution in [2.75, 3.05) is 5.32 Å². The quantitative estimate of drug-likeness (QED) is 0.416. The standard InChI is InChI=1S/C25H30N2S.BrH/c1-6-17-14-20-21(25(4,5)13-12-24(20,2)3)15-19(17)22-16-26-23(28-22)27-18-10-8-7-9-11-18;/h7-11,14-16H,6,12-13H2,1-5H3,(H,26,27);1H. The molecule has 0 fully saturated rings. The average molecular weight is 472 g/mol. The van der Waals surface area contributed by atoms with Crippen molar-refractivity contribution in [2.45, 2.75) is 64.7 Å². The van der Waals surface area contributed by atoms with Crippen molar-refractivity contribution in [3.05, 3.63) is 65.4 Å². The molecule has 154 valence electrons. The van der Waals surface area contributed by atoms with Crippen molar-refractivity contribution >= 4 is 39.1 Å². The lowest BCUT2D eigenvalue weighted by Crippen LogP contribution is -2.34. The van der Waals surface area contributed by atoms with E-state index < -0.39 is 0 Å². The summed E-state index contributed by atoms with van der Waals surface area (Å²) in [4.78, 5) is 5.90. The molecule has 0 saturated carbocycles. The Morgan fingerprint density at radius 2 is 1.59 bits per heavy atom. The number of nitrogens with one attached hydrogen (secondary N) is 1. The molecule has 0 amide bonds. The Bertz CT molecular complexity index is 989. The van der Waals surface area contributed by atoms with Gasteiger partial charge in [0, 0.05) is 11.9 Å². The summed E-state index contributed by atoms with van der Waals surface area (Å²) in [5, 5.41) is 4.38. The molecule has 1 aliphatic rings. The summed E-state index contributed by atoms with van der Waals surface area (Å²) in [5.41, 5.74) is 7.39. The van der Waals surface area contributed by atoms with Gasteiger partial charge in [0.2, 0.25) is 0 Å². The number of anilines is 2. The maximum atomic E-state index is 4.65. The molecule has 0 saturated heterocycles. The molecule has 2 aromatic carbocycles. The fourth-order valence-electron chi connectivity index (χ4n) is 4.28. The van der Waals surface area contributed by atoms with Gasteiger partial charge in [0.25, 0.3) is 0 Å². The van der Waals surface area contributed by atoms with E-state index in [9.17, 15) is 0 Å². The van der Waals surface area contributed by atoms with Crippen molar-refractivity contribution < 1.29 is 0 Å². The van der Waals surface area contributed by atoms with Gasteiger partial charge in [0.1, 0.15) is 0 Å². The number of aryl methyl sites for hydroxylation is 1. The van der Waals surface area contributed by atoms with Crippen LogP contribution in [0.5, 0.6) is 0 Å². The molecule has 3 aromatic rings. The molecular formula is C25H31BrN2S. The van der Waals surface area contributed by atoms with Crippen molar-refractivity contribution in [3.63, 3.8) is 0 Å². The molecule has 29 heavy (non-hydrogen) atoms. The Balaban J connectivity index is 0.00000240. The molecule has 1 aliphatic carbocycles. The van der Waals surface area contributed by atoms with E-state index >= 15 is 0 Å². The normalized spacial score (nSPS) is 16.6.